The highest BCUT2D eigenvalue weighted by molar-refractivity contribution is 6.76. The van der Waals surface area contributed by atoms with Gasteiger partial charge in [0.2, 0.25) is 0 Å². The van der Waals surface area contributed by atoms with Gasteiger partial charge in [0, 0.05) is 39.3 Å². The number of rotatable bonds is 10. The van der Waals surface area contributed by atoms with Gasteiger partial charge in [0.15, 0.2) is 5.69 Å². The van der Waals surface area contributed by atoms with Crippen molar-refractivity contribution in [3.8, 4) is 22.8 Å². The molecule has 9 nitrogen and oxygen atoms in total. The highest BCUT2D eigenvalue weighted by Gasteiger charge is 2.55. The maximum atomic E-state index is 13.5. The molecule has 1 aliphatic carbocycles. The highest BCUT2D eigenvalue weighted by atomic mass is 28.3. The van der Waals surface area contributed by atoms with Crippen molar-refractivity contribution in [1.29, 1.82) is 0 Å². The number of carbonyl (C=O) groups is 2. The van der Waals surface area contributed by atoms with Gasteiger partial charge in [-0.3, -0.25) is 4.79 Å². The number of para-hydroxylation sites is 2. The van der Waals surface area contributed by atoms with E-state index in [-0.39, 0.29) is 24.2 Å². The third kappa shape index (κ3) is 6.01. The summed E-state index contributed by atoms with van der Waals surface area (Å²) in [6, 6.07) is 20.0. The van der Waals surface area contributed by atoms with Crippen LogP contribution in [0.2, 0.25) is 25.7 Å². The Balaban J connectivity index is 1.41. The van der Waals surface area contributed by atoms with E-state index in [9.17, 15) is 14.7 Å². The molecule has 2 atom stereocenters. The molecule has 2 aliphatic rings. The summed E-state index contributed by atoms with van der Waals surface area (Å²) in [7, 11) is -1.27. The van der Waals surface area contributed by atoms with Crippen molar-refractivity contribution in [2.45, 2.75) is 50.8 Å². The smallest absolute Gasteiger partial charge is 0.407 e. The van der Waals surface area contributed by atoms with Gasteiger partial charge >= 0.3 is 6.09 Å². The van der Waals surface area contributed by atoms with E-state index >= 15 is 0 Å². The Bertz CT molecular complexity index is 1340. The number of benzene rings is 2. The average molecular weight is 549 g/mol. The maximum Gasteiger partial charge on any atom is 0.407 e. The number of aromatic nitrogens is 2. The Morgan fingerprint density at radius 1 is 1.13 bits per heavy atom. The second-order valence-electron chi connectivity index (χ2n) is 11.7. The molecule has 1 saturated carbocycles. The summed E-state index contributed by atoms with van der Waals surface area (Å²) in [6.45, 7) is 8.48. The van der Waals surface area contributed by atoms with Crippen molar-refractivity contribution >= 4 is 20.1 Å². The van der Waals surface area contributed by atoms with Gasteiger partial charge in [-0.1, -0.05) is 50.0 Å². The van der Waals surface area contributed by atoms with Gasteiger partial charge in [-0.15, -0.1) is 0 Å². The third-order valence-corrected chi connectivity index (χ3v) is 9.33. The molecule has 0 spiro atoms. The first-order valence-electron chi connectivity index (χ1n) is 13.4. The number of nitrogens with zero attached hydrogens (tertiary/aromatic N) is 3. The SMILES string of the molecule is C[Si](C)(C)CCOCn1nc(C(=O)NC23CCC2CN(C(=O)O)C3)cc1-c1ccccc1Oc1ccccc1. The summed E-state index contributed by atoms with van der Waals surface area (Å²) in [5.41, 5.74) is 1.24. The first kappa shape index (κ1) is 27.0. The van der Waals surface area contributed by atoms with E-state index in [1.54, 1.807) is 10.7 Å². The summed E-state index contributed by atoms with van der Waals surface area (Å²) >= 11 is 0. The van der Waals surface area contributed by atoms with Crippen LogP contribution in [0.1, 0.15) is 23.3 Å². The van der Waals surface area contributed by atoms with E-state index in [4.69, 9.17) is 9.47 Å². The molecule has 5 rings (SSSR count). The van der Waals surface area contributed by atoms with Crippen LogP contribution in [0.15, 0.2) is 60.7 Å². The van der Waals surface area contributed by atoms with Crippen molar-refractivity contribution in [3.63, 3.8) is 0 Å². The molecule has 39 heavy (non-hydrogen) atoms. The van der Waals surface area contributed by atoms with Crippen LogP contribution >= 0.6 is 0 Å². The molecule has 0 bridgehead atoms. The predicted octanol–water partition coefficient (Wildman–Crippen LogP) is 5.53. The Labute approximate surface area is 229 Å². The van der Waals surface area contributed by atoms with Crippen LogP contribution in [0.25, 0.3) is 11.3 Å². The number of fused-ring (bicyclic) bond motifs is 1. The lowest BCUT2D eigenvalue weighted by Crippen LogP contribution is -2.60. The van der Waals surface area contributed by atoms with Gasteiger partial charge in [0.1, 0.15) is 18.2 Å². The Morgan fingerprint density at radius 3 is 2.56 bits per heavy atom. The van der Waals surface area contributed by atoms with Crippen molar-refractivity contribution in [3.05, 3.63) is 66.4 Å². The zero-order valence-electron chi connectivity index (χ0n) is 22.7. The lowest BCUT2D eigenvalue weighted by Gasteiger charge is -2.44. The fraction of sp³-hybridized carbons (Fsp3) is 0.414. The second-order valence-corrected chi connectivity index (χ2v) is 17.3. The minimum Gasteiger partial charge on any atom is -0.465 e. The number of hydrogen-bond acceptors (Lipinski definition) is 5. The predicted molar refractivity (Wildman–Crippen MR) is 151 cm³/mol. The van der Waals surface area contributed by atoms with Gasteiger partial charge in [-0.05, 0) is 49.2 Å². The number of carbonyl (C=O) groups excluding carboxylic acids is 1. The molecule has 2 aromatic carbocycles. The van der Waals surface area contributed by atoms with Gasteiger partial charge in [0.25, 0.3) is 5.91 Å². The summed E-state index contributed by atoms with van der Waals surface area (Å²) in [4.78, 5) is 26.4. The minimum absolute atomic E-state index is 0.129. The zero-order chi connectivity index (χ0) is 27.6. The average Bonchev–Trinajstić information content (AvgIpc) is 3.42. The van der Waals surface area contributed by atoms with Crippen molar-refractivity contribution in [2.24, 2.45) is 5.92 Å². The standard InChI is InChI=1S/C29H36N4O5Si/c1-39(2,3)16-15-37-20-33-25(23-11-7-8-12-26(23)38-22-9-5-4-6-10-22)17-24(31-33)27(34)30-29-14-13-21(29)18-32(19-29)28(35)36/h4-12,17,21H,13-16,18-20H2,1-3H3,(H,30,34)(H,35,36). The van der Waals surface area contributed by atoms with Gasteiger partial charge in [-0.2, -0.15) is 5.10 Å². The molecule has 1 saturated heterocycles. The van der Waals surface area contributed by atoms with Crippen LogP contribution in [0.3, 0.4) is 0 Å². The van der Waals surface area contributed by atoms with E-state index in [0.717, 1.165) is 24.4 Å². The minimum atomic E-state index is -1.27. The van der Waals surface area contributed by atoms with E-state index in [2.05, 4.69) is 30.1 Å². The summed E-state index contributed by atoms with van der Waals surface area (Å²) in [6.07, 6.45) is 0.711. The summed E-state index contributed by atoms with van der Waals surface area (Å²) in [5, 5.41) is 17.3. The molecular formula is C29H36N4O5Si. The lowest BCUT2D eigenvalue weighted by molar-refractivity contribution is 0.0728. The van der Waals surface area contributed by atoms with E-state index < -0.39 is 19.7 Å². The van der Waals surface area contributed by atoms with Gasteiger partial charge in [-0.25, -0.2) is 9.48 Å². The first-order chi connectivity index (χ1) is 18.6. The largest absolute Gasteiger partial charge is 0.465 e. The van der Waals surface area contributed by atoms with E-state index in [0.29, 0.717) is 36.9 Å². The van der Waals surface area contributed by atoms with Crippen LogP contribution in [0.4, 0.5) is 4.79 Å². The van der Waals surface area contributed by atoms with Crippen LogP contribution < -0.4 is 10.1 Å². The number of nitrogens with one attached hydrogen (secondary N) is 1. The van der Waals surface area contributed by atoms with Crippen LogP contribution in [0.5, 0.6) is 11.5 Å². The van der Waals surface area contributed by atoms with Crippen LogP contribution in [-0.2, 0) is 11.5 Å². The van der Waals surface area contributed by atoms with E-state index in [1.807, 2.05) is 54.6 Å². The molecule has 2 amide bonds. The van der Waals surface area contributed by atoms with Gasteiger partial charge in [0.05, 0.1) is 11.2 Å². The van der Waals surface area contributed by atoms with Crippen molar-refractivity contribution in [2.75, 3.05) is 19.7 Å². The molecule has 206 valence electrons. The second kappa shape index (κ2) is 10.9. The molecule has 0 radical (unpaired) electrons. The molecule has 2 fully saturated rings. The molecule has 2 heterocycles. The number of likely N-dealkylation sites (tertiary alicyclic amines) is 1. The number of carboxylic acid groups (broad SMARTS) is 1. The van der Waals surface area contributed by atoms with Crippen molar-refractivity contribution in [1.82, 2.24) is 20.0 Å². The highest BCUT2D eigenvalue weighted by Crippen LogP contribution is 2.44. The molecule has 2 N–H and O–H groups in total. The normalized spacial score (nSPS) is 20.3. The number of hydrogen-bond donors (Lipinski definition) is 2. The van der Waals surface area contributed by atoms with E-state index in [1.165, 1.54) is 4.90 Å². The molecule has 2 unspecified atom stereocenters. The summed E-state index contributed by atoms with van der Waals surface area (Å²) in [5.74, 6) is 1.17. The van der Waals surface area contributed by atoms with Crippen molar-refractivity contribution < 1.29 is 24.2 Å². The molecular weight excluding hydrogens is 512 g/mol. The zero-order valence-corrected chi connectivity index (χ0v) is 23.7. The van der Waals surface area contributed by atoms with Crippen LogP contribution in [0, 0.1) is 5.92 Å². The molecule has 1 aromatic heterocycles. The monoisotopic (exact) mass is 548 g/mol. The maximum absolute atomic E-state index is 13.5. The Kier molecular flexibility index (Phi) is 7.50. The Hall–Kier alpha value is -3.63. The van der Waals surface area contributed by atoms with Crippen LogP contribution in [-0.4, -0.2) is 65.1 Å². The fourth-order valence-corrected chi connectivity index (χ4v) is 5.99. The Morgan fingerprint density at radius 2 is 1.87 bits per heavy atom. The number of amides is 2. The topological polar surface area (TPSA) is 106 Å². The quantitative estimate of drug-likeness (QED) is 0.255. The lowest BCUT2D eigenvalue weighted by atomic mass is 9.69. The first-order valence-corrected chi connectivity index (χ1v) is 17.1. The number of ether oxygens (including phenoxy) is 2. The fourth-order valence-electron chi connectivity index (χ4n) is 5.24. The van der Waals surface area contributed by atoms with Gasteiger partial charge < -0.3 is 24.8 Å². The third-order valence-electron chi connectivity index (χ3n) is 7.62. The summed E-state index contributed by atoms with van der Waals surface area (Å²) < 4.78 is 13.9. The molecule has 10 heteroatoms. The molecule has 1 aliphatic heterocycles. The molecule has 3 aromatic rings.